The molecule has 2 atom stereocenters. The molecule has 1 N–H and O–H groups in total. The van der Waals surface area contributed by atoms with Crippen LogP contribution in [0.1, 0.15) is 32.9 Å². The number of aliphatic imine (C=N–C) groups is 1. The van der Waals surface area contributed by atoms with Gasteiger partial charge in [0.1, 0.15) is 12.0 Å². The lowest BCUT2D eigenvalue weighted by Gasteiger charge is -2.59. The summed E-state index contributed by atoms with van der Waals surface area (Å²) in [4.78, 5) is 6.53. The lowest BCUT2D eigenvalue weighted by atomic mass is 9.56. The molecular formula is C18H31N5O4S. The maximum absolute atomic E-state index is 12.6. The Morgan fingerprint density at radius 3 is 2.54 bits per heavy atom. The smallest absolute Gasteiger partial charge is 0.220 e. The molecule has 1 aliphatic carbocycles. The summed E-state index contributed by atoms with van der Waals surface area (Å²) >= 11 is 0. The first-order valence-electron chi connectivity index (χ1n) is 9.53. The quantitative estimate of drug-likeness (QED) is 0.565. The van der Waals surface area contributed by atoms with Crippen molar-refractivity contribution in [3.63, 3.8) is 0 Å². The van der Waals surface area contributed by atoms with E-state index in [1.54, 1.807) is 20.2 Å². The number of ether oxygens (including phenoxy) is 1. The van der Waals surface area contributed by atoms with Gasteiger partial charge in [-0.1, -0.05) is 19.0 Å². The van der Waals surface area contributed by atoms with Crippen molar-refractivity contribution in [2.45, 2.75) is 44.6 Å². The fourth-order valence-electron chi connectivity index (χ4n) is 3.94. The summed E-state index contributed by atoms with van der Waals surface area (Å²) < 4.78 is 37.1. The van der Waals surface area contributed by atoms with E-state index in [2.05, 4.69) is 41.1 Å². The molecule has 0 amide bonds. The van der Waals surface area contributed by atoms with E-state index >= 15 is 0 Å². The lowest BCUT2D eigenvalue weighted by molar-refractivity contribution is -0.177. The first-order chi connectivity index (χ1) is 13.1. The first-order valence-corrected chi connectivity index (χ1v) is 11.1. The Balaban J connectivity index is 1.56. The third-order valence-corrected chi connectivity index (χ3v) is 8.36. The monoisotopic (exact) mass is 413 g/mol. The predicted octanol–water partition coefficient (Wildman–Crippen LogP) is 0.901. The van der Waals surface area contributed by atoms with Gasteiger partial charge in [0.15, 0.2) is 5.96 Å². The van der Waals surface area contributed by atoms with Crippen LogP contribution >= 0.6 is 0 Å². The third kappa shape index (κ3) is 3.77. The number of aromatic nitrogens is 1. The average molecular weight is 414 g/mol. The molecule has 1 aromatic rings. The Morgan fingerprint density at radius 2 is 2.04 bits per heavy atom. The van der Waals surface area contributed by atoms with Gasteiger partial charge >= 0.3 is 0 Å². The molecule has 10 heteroatoms. The van der Waals surface area contributed by atoms with Crippen LogP contribution < -0.4 is 5.32 Å². The number of methoxy groups -OCH3 is 1. The maximum atomic E-state index is 12.6. The van der Waals surface area contributed by atoms with Crippen LogP contribution in [0.4, 0.5) is 0 Å². The Morgan fingerprint density at radius 1 is 1.36 bits per heavy atom. The van der Waals surface area contributed by atoms with Crippen LogP contribution in [0.25, 0.3) is 0 Å². The Labute approximate surface area is 167 Å². The standard InChI is InChI=1S/C18H31N5O4S/c1-17(2)15(12-18(17,3)26-5)20-16(19-4)22-7-9-23(10-8-22)28(24,25)13-14-6-11-27-21-14/h6,11,15H,7-10,12-13H2,1-5H3,(H,19,20). The van der Waals surface area contributed by atoms with Crippen LogP contribution in [-0.4, -0.2) is 80.7 Å². The number of hydrogen-bond acceptors (Lipinski definition) is 6. The van der Waals surface area contributed by atoms with Crippen LogP contribution in [0.3, 0.4) is 0 Å². The van der Waals surface area contributed by atoms with Gasteiger partial charge < -0.3 is 19.5 Å². The molecule has 158 valence electrons. The van der Waals surface area contributed by atoms with Crippen LogP contribution in [0.15, 0.2) is 21.8 Å². The molecular weight excluding hydrogens is 382 g/mol. The molecule has 0 bridgehead atoms. The van der Waals surface area contributed by atoms with E-state index in [0.717, 1.165) is 12.4 Å². The van der Waals surface area contributed by atoms with Crippen molar-refractivity contribution in [2.75, 3.05) is 40.3 Å². The van der Waals surface area contributed by atoms with Gasteiger partial charge in [0.2, 0.25) is 10.0 Å². The molecule has 9 nitrogen and oxygen atoms in total. The molecule has 0 aromatic carbocycles. The number of guanidine groups is 1. The summed E-state index contributed by atoms with van der Waals surface area (Å²) in [6.45, 7) is 8.54. The fraction of sp³-hybridized carbons (Fsp3) is 0.778. The van der Waals surface area contributed by atoms with Crippen LogP contribution in [0, 0.1) is 5.41 Å². The van der Waals surface area contributed by atoms with Gasteiger partial charge in [-0.15, -0.1) is 0 Å². The van der Waals surface area contributed by atoms with Crippen LogP contribution in [-0.2, 0) is 20.5 Å². The molecule has 2 heterocycles. The normalized spacial score (nSPS) is 28.8. The highest BCUT2D eigenvalue weighted by Crippen LogP contribution is 2.51. The average Bonchev–Trinajstić information content (AvgIpc) is 3.17. The van der Waals surface area contributed by atoms with E-state index in [9.17, 15) is 8.42 Å². The zero-order chi connectivity index (χ0) is 20.6. The van der Waals surface area contributed by atoms with Crippen molar-refractivity contribution in [1.82, 2.24) is 19.7 Å². The summed E-state index contributed by atoms with van der Waals surface area (Å²) in [6, 6.07) is 1.83. The second kappa shape index (κ2) is 7.64. The van der Waals surface area contributed by atoms with Crippen molar-refractivity contribution < 1.29 is 17.7 Å². The molecule has 1 saturated carbocycles. The summed E-state index contributed by atoms with van der Waals surface area (Å²) in [7, 11) is 0.108. The molecule has 2 aliphatic rings. The molecule has 0 spiro atoms. The van der Waals surface area contributed by atoms with Gasteiger partial charge in [0.05, 0.1) is 11.3 Å². The summed E-state index contributed by atoms with van der Waals surface area (Å²) in [6.07, 6.45) is 2.29. The maximum Gasteiger partial charge on any atom is 0.220 e. The fourth-order valence-corrected chi connectivity index (χ4v) is 5.37. The zero-order valence-electron chi connectivity index (χ0n) is 17.3. The number of nitrogens with one attached hydrogen (secondary N) is 1. The number of piperazine rings is 1. The molecule has 1 saturated heterocycles. The second-order valence-corrected chi connectivity index (χ2v) is 10.2. The number of nitrogens with zero attached hydrogens (tertiary/aromatic N) is 4. The molecule has 3 rings (SSSR count). The first kappa shape index (κ1) is 21.1. The minimum Gasteiger partial charge on any atom is -0.378 e. The number of sulfonamides is 1. The molecule has 1 aromatic heterocycles. The van der Waals surface area contributed by atoms with Gasteiger partial charge in [0.25, 0.3) is 0 Å². The number of hydrogen-bond donors (Lipinski definition) is 1. The molecule has 28 heavy (non-hydrogen) atoms. The van der Waals surface area contributed by atoms with Gasteiger partial charge in [0, 0.05) is 57.9 Å². The van der Waals surface area contributed by atoms with Crippen molar-refractivity contribution in [3.05, 3.63) is 18.0 Å². The van der Waals surface area contributed by atoms with Gasteiger partial charge in [-0.25, -0.2) is 8.42 Å². The predicted molar refractivity (Wildman–Crippen MR) is 106 cm³/mol. The van der Waals surface area contributed by atoms with Gasteiger partial charge in [-0.3, -0.25) is 4.99 Å². The van der Waals surface area contributed by atoms with Crippen molar-refractivity contribution in [3.8, 4) is 0 Å². The minimum absolute atomic E-state index is 0.0273. The Hall–Kier alpha value is -1.65. The van der Waals surface area contributed by atoms with E-state index in [1.807, 2.05) is 0 Å². The highest BCUT2D eigenvalue weighted by Gasteiger charge is 2.58. The van der Waals surface area contributed by atoms with Crippen LogP contribution in [0.2, 0.25) is 0 Å². The lowest BCUT2D eigenvalue weighted by Crippen LogP contribution is -2.70. The molecule has 2 unspecified atom stereocenters. The van der Waals surface area contributed by atoms with E-state index in [4.69, 9.17) is 9.26 Å². The third-order valence-electron chi connectivity index (χ3n) is 6.55. The van der Waals surface area contributed by atoms with E-state index in [1.165, 1.54) is 10.6 Å². The highest BCUT2D eigenvalue weighted by atomic mass is 32.2. The summed E-state index contributed by atoms with van der Waals surface area (Å²) in [5.41, 5.74) is 0.242. The van der Waals surface area contributed by atoms with E-state index in [0.29, 0.717) is 31.9 Å². The summed E-state index contributed by atoms with van der Waals surface area (Å²) in [5.74, 6) is 0.673. The highest BCUT2D eigenvalue weighted by molar-refractivity contribution is 7.88. The molecule has 1 aliphatic heterocycles. The second-order valence-electron chi connectivity index (χ2n) is 8.24. The SMILES string of the molecule is CN=C(NC1CC(C)(OC)C1(C)C)N1CCN(S(=O)(=O)Cc2ccon2)CC1. The Bertz CT molecular complexity index is 800. The van der Waals surface area contributed by atoms with E-state index < -0.39 is 10.0 Å². The summed E-state index contributed by atoms with van der Waals surface area (Å²) in [5, 5.41) is 7.25. The van der Waals surface area contributed by atoms with Crippen molar-refractivity contribution in [2.24, 2.45) is 10.4 Å². The number of rotatable bonds is 5. The van der Waals surface area contributed by atoms with Gasteiger partial charge in [-0.2, -0.15) is 4.31 Å². The zero-order valence-corrected chi connectivity index (χ0v) is 18.1. The van der Waals surface area contributed by atoms with Gasteiger partial charge in [-0.05, 0) is 13.3 Å². The van der Waals surface area contributed by atoms with E-state index in [-0.39, 0.29) is 22.8 Å². The van der Waals surface area contributed by atoms with Crippen molar-refractivity contribution in [1.29, 1.82) is 0 Å². The topological polar surface area (TPSA) is 100 Å². The Kier molecular flexibility index (Phi) is 5.75. The molecule has 0 radical (unpaired) electrons. The van der Waals surface area contributed by atoms with Crippen molar-refractivity contribution >= 4 is 16.0 Å². The largest absolute Gasteiger partial charge is 0.378 e. The molecule has 2 fully saturated rings. The van der Waals surface area contributed by atoms with Crippen LogP contribution in [0.5, 0.6) is 0 Å². The minimum atomic E-state index is -3.41.